The maximum atomic E-state index is 8.94. The van der Waals surface area contributed by atoms with Gasteiger partial charge in [-0.15, -0.1) is 0 Å². The maximum absolute atomic E-state index is 8.94. The molecule has 2 nitrogen and oxygen atoms in total. The van der Waals surface area contributed by atoms with Crippen molar-refractivity contribution in [3.8, 4) is 0 Å². The lowest BCUT2D eigenvalue weighted by Gasteiger charge is -2.42. The zero-order valence-electron chi connectivity index (χ0n) is 14.2. The van der Waals surface area contributed by atoms with Gasteiger partial charge in [-0.3, -0.25) is 0 Å². The van der Waals surface area contributed by atoms with Crippen molar-refractivity contribution in [2.45, 2.75) is 72.2 Å². The van der Waals surface area contributed by atoms with Crippen molar-refractivity contribution in [1.82, 2.24) is 0 Å². The van der Waals surface area contributed by atoms with Crippen LogP contribution >= 0.6 is 0 Å². The molecule has 0 spiro atoms. The monoisotopic (exact) mass is 286 g/mol. The first-order valence-electron chi connectivity index (χ1n) is 7.52. The SMILES string of the molecule is CC[C@H](C)[C@@H](O[Si](C)(C)C(C)(C)C)[C@H](C)/C=C/CO. The van der Waals surface area contributed by atoms with Gasteiger partial charge in [-0.05, 0) is 30.0 Å². The number of aliphatic hydroxyl groups is 1. The fraction of sp³-hybridized carbons (Fsp3) is 0.875. The van der Waals surface area contributed by atoms with E-state index in [0.717, 1.165) is 6.42 Å². The van der Waals surface area contributed by atoms with Crippen molar-refractivity contribution in [2.24, 2.45) is 11.8 Å². The molecule has 0 unspecified atom stereocenters. The molecule has 3 atom stereocenters. The van der Waals surface area contributed by atoms with E-state index in [0.29, 0.717) is 11.8 Å². The van der Waals surface area contributed by atoms with Gasteiger partial charge in [0.05, 0.1) is 12.7 Å². The van der Waals surface area contributed by atoms with Crippen LogP contribution in [0, 0.1) is 11.8 Å². The standard InChI is InChI=1S/C16H34O2Si/c1-9-13(2)15(14(3)11-10-12-17)18-19(7,8)16(4,5)6/h10-11,13-15,17H,9,12H2,1-8H3/b11-10+/t13-,14+,15+/m0/s1. The van der Waals surface area contributed by atoms with Crippen LogP contribution in [0.25, 0.3) is 0 Å². The average molecular weight is 287 g/mol. The summed E-state index contributed by atoms with van der Waals surface area (Å²) in [5.41, 5.74) is 0. The van der Waals surface area contributed by atoms with E-state index in [9.17, 15) is 0 Å². The lowest BCUT2D eigenvalue weighted by Crippen LogP contribution is -2.47. The third-order valence-electron chi connectivity index (χ3n) is 4.50. The predicted octanol–water partition coefficient (Wildman–Crippen LogP) is 4.61. The van der Waals surface area contributed by atoms with Gasteiger partial charge in [0.1, 0.15) is 0 Å². The van der Waals surface area contributed by atoms with Crippen LogP contribution in [0.4, 0.5) is 0 Å². The van der Waals surface area contributed by atoms with Crippen LogP contribution in [0.1, 0.15) is 48.0 Å². The summed E-state index contributed by atoms with van der Waals surface area (Å²) in [7, 11) is -1.75. The van der Waals surface area contributed by atoms with Gasteiger partial charge < -0.3 is 9.53 Å². The second kappa shape index (κ2) is 7.60. The highest BCUT2D eigenvalue weighted by Crippen LogP contribution is 2.39. The van der Waals surface area contributed by atoms with E-state index in [1.807, 2.05) is 6.08 Å². The highest BCUT2D eigenvalue weighted by molar-refractivity contribution is 6.74. The summed E-state index contributed by atoms with van der Waals surface area (Å²) in [6.07, 6.45) is 5.28. The molecule has 0 saturated heterocycles. The number of aliphatic hydroxyl groups excluding tert-OH is 1. The Morgan fingerprint density at radius 3 is 2.11 bits per heavy atom. The van der Waals surface area contributed by atoms with Crippen molar-refractivity contribution in [3.63, 3.8) is 0 Å². The van der Waals surface area contributed by atoms with Gasteiger partial charge in [-0.25, -0.2) is 0 Å². The Morgan fingerprint density at radius 1 is 1.21 bits per heavy atom. The predicted molar refractivity (Wildman–Crippen MR) is 86.9 cm³/mol. The minimum atomic E-state index is -1.75. The van der Waals surface area contributed by atoms with Gasteiger partial charge in [0, 0.05) is 0 Å². The third-order valence-corrected chi connectivity index (χ3v) is 8.98. The Morgan fingerprint density at radius 2 is 1.74 bits per heavy atom. The van der Waals surface area contributed by atoms with Crippen LogP contribution in [0.5, 0.6) is 0 Å². The molecule has 1 N–H and O–H groups in total. The number of hydrogen-bond acceptors (Lipinski definition) is 2. The summed E-state index contributed by atoms with van der Waals surface area (Å²) in [5, 5.41) is 9.17. The molecule has 0 bridgehead atoms. The molecule has 0 saturated carbocycles. The zero-order chi connectivity index (χ0) is 15.3. The highest BCUT2D eigenvalue weighted by Gasteiger charge is 2.40. The average Bonchev–Trinajstić information content (AvgIpc) is 2.30. The molecule has 0 aliphatic carbocycles. The Bertz CT molecular complexity index is 279. The first-order valence-corrected chi connectivity index (χ1v) is 10.4. The molecule has 19 heavy (non-hydrogen) atoms. The molecule has 0 aromatic rings. The molecule has 0 aliphatic heterocycles. The van der Waals surface area contributed by atoms with Crippen LogP contribution in [0.3, 0.4) is 0 Å². The van der Waals surface area contributed by atoms with Crippen LogP contribution < -0.4 is 0 Å². The van der Waals surface area contributed by atoms with Crippen molar-refractivity contribution in [1.29, 1.82) is 0 Å². The summed E-state index contributed by atoms with van der Waals surface area (Å²) in [6, 6.07) is 0. The molecule has 0 radical (unpaired) electrons. The van der Waals surface area contributed by atoms with E-state index >= 15 is 0 Å². The summed E-state index contributed by atoms with van der Waals surface area (Å²) >= 11 is 0. The fourth-order valence-electron chi connectivity index (χ4n) is 1.88. The van der Waals surface area contributed by atoms with E-state index < -0.39 is 8.32 Å². The van der Waals surface area contributed by atoms with Gasteiger partial charge in [0.2, 0.25) is 0 Å². The van der Waals surface area contributed by atoms with Crippen LogP contribution in [-0.4, -0.2) is 26.1 Å². The minimum absolute atomic E-state index is 0.109. The van der Waals surface area contributed by atoms with Crippen LogP contribution in [-0.2, 0) is 4.43 Å². The van der Waals surface area contributed by atoms with Crippen molar-refractivity contribution in [3.05, 3.63) is 12.2 Å². The first kappa shape index (κ1) is 18.9. The van der Waals surface area contributed by atoms with Gasteiger partial charge in [0.15, 0.2) is 8.32 Å². The molecule has 0 aromatic heterocycles. The van der Waals surface area contributed by atoms with E-state index in [-0.39, 0.29) is 17.7 Å². The summed E-state index contributed by atoms with van der Waals surface area (Å²) < 4.78 is 6.62. The summed E-state index contributed by atoms with van der Waals surface area (Å²) in [5.74, 6) is 0.878. The van der Waals surface area contributed by atoms with E-state index in [4.69, 9.17) is 9.53 Å². The molecular formula is C16H34O2Si. The fourth-order valence-corrected chi connectivity index (χ4v) is 3.36. The second-order valence-corrected chi connectivity index (χ2v) is 12.0. The van der Waals surface area contributed by atoms with Crippen molar-refractivity contribution in [2.75, 3.05) is 6.61 Å². The van der Waals surface area contributed by atoms with Gasteiger partial charge in [-0.2, -0.15) is 0 Å². The Labute approximate surface area is 121 Å². The molecule has 0 rings (SSSR count). The Kier molecular flexibility index (Phi) is 7.55. The van der Waals surface area contributed by atoms with Gasteiger partial charge in [0.25, 0.3) is 0 Å². The molecule has 3 heteroatoms. The Hall–Kier alpha value is -0.123. The van der Waals surface area contributed by atoms with Gasteiger partial charge in [-0.1, -0.05) is 60.1 Å². The molecule has 0 heterocycles. The summed E-state index contributed by atoms with van der Waals surface area (Å²) in [6.45, 7) is 18.2. The lowest BCUT2D eigenvalue weighted by atomic mass is 9.91. The second-order valence-electron chi connectivity index (χ2n) is 7.20. The lowest BCUT2D eigenvalue weighted by molar-refractivity contribution is 0.0906. The molecular weight excluding hydrogens is 252 g/mol. The number of hydrogen-bond donors (Lipinski definition) is 1. The van der Waals surface area contributed by atoms with Crippen LogP contribution in [0.2, 0.25) is 18.1 Å². The first-order chi connectivity index (χ1) is 8.56. The van der Waals surface area contributed by atoms with E-state index in [2.05, 4.69) is 60.7 Å². The zero-order valence-corrected chi connectivity index (χ0v) is 15.2. The topological polar surface area (TPSA) is 29.5 Å². The van der Waals surface area contributed by atoms with Crippen molar-refractivity contribution >= 4 is 8.32 Å². The van der Waals surface area contributed by atoms with Gasteiger partial charge >= 0.3 is 0 Å². The number of rotatable bonds is 7. The molecule has 0 fully saturated rings. The molecule has 0 aromatic carbocycles. The van der Waals surface area contributed by atoms with Crippen molar-refractivity contribution < 1.29 is 9.53 Å². The molecule has 0 aliphatic rings. The normalized spacial score (nSPS) is 18.6. The van der Waals surface area contributed by atoms with E-state index in [1.54, 1.807) is 0 Å². The minimum Gasteiger partial charge on any atom is -0.413 e. The summed E-state index contributed by atoms with van der Waals surface area (Å²) in [4.78, 5) is 0. The quantitative estimate of drug-likeness (QED) is 0.547. The molecule has 0 amide bonds. The smallest absolute Gasteiger partial charge is 0.192 e. The largest absolute Gasteiger partial charge is 0.413 e. The maximum Gasteiger partial charge on any atom is 0.192 e. The third kappa shape index (κ3) is 5.80. The molecule has 114 valence electrons. The van der Waals surface area contributed by atoms with Crippen LogP contribution in [0.15, 0.2) is 12.2 Å². The Balaban J connectivity index is 5.03. The highest BCUT2D eigenvalue weighted by atomic mass is 28.4. The van der Waals surface area contributed by atoms with E-state index in [1.165, 1.54) is 0 Å².